The quantitative estimate of drug-likeness (QED) is 0.207. The summed E-state index contributed by atoms with van der Waals surface area (Å²) in [5.41, 5.74) is 3.68. The number of ketones is 1. The van der Waals surface area contributed by atoms with Gasteiger partial charge in [-0.1, -0.05) is 30.3 Å². The lowest BCUT2D eigenvalue weighted by Gasteiger charge is -2.09. The number of amides is 1. The summed E-state index contributed by atoms with van der Waals surface area (Å²) in [4.78, 5) is 41.7. The summed E-state index contributed by atoms with van der Waals surface area (Å²) in [6, 6.07) is 16.9. The molecule has 2 heterocycles. The molecule has 10 heteroatoms. The molecular formula is C31H33N5O5. The molecule has 41 heavy (non-hydrogen) atoms. The van der Waals surface area contributed by atoms with Crippen LogP contribution >= 0.6 is 0 Å². The van der Waals surface area contributed by atoms with Crippen molar-refractivity contribution >= 4 is 23.8 Å². The van der Waals surface area contributed by atoms with E-state index in [0.29, 0.717) is 42.5 Å². The number of para-hydroxylation sites is 1. The van der Waals surface area contributed by atoms with Crippen LogP contribution in [0.25, 0.3) is 16.8 Å². The standard InChI is InChI=1S/C31H33N5O5/c1-2-40-31(39)41-21-35-19-25(18-32-35)23-8-6-9-24(17-23)29(38)34-30-33-26(10-7-13-28(37)16-22-14-15-22)20-36(30)27-11-4-3-5-12-27/h3-6,8-9,11-12,17-20,22H,2,7,10,13-16,21H2,1H3,(H,33,34,38). The topological polar surface area (TPSA) is 117 Å². The Morgan fingerprint density at radius 3 is 2.61 bits per heavy atom. The van der Waals surface area contributed by atoms with Crippen LogP contribution in [0.15, 0.2) is 73.2 Å². The first kappa shape index (κ1) is 27.8. The number of imidazole rings is 1. The molecule has 1 amide bonds. The van der Waals surface area contributed by atoms with Crippen LogP contribution in [0.3, 0.4) is 0 Å². The Morgan fingerprint density at radius 2 is 1.83 bits per heavy atom. The van der Waals surface area contributed by atoms with Gasteiger partial charge in [-0.3, -0.25) is 19.5 Å². The van der Waals surface area contributed by atoms with Gasteiger partial charge < -0.3 is 9.47 Å². The van der Waals surface area contributed by atoms with Crippen molar-refractivity contribution < 1.29 is 23.9 Å². The first-order valence-corrected chi connectivity index (χ1v) is 13.9. The average Bonchev–Trinajstić information content (AvgIpc) is 3.50. The predicted molar refractivity (Wildman–Crippen MR) is 153 cm³/mol. The summed E-state index contributed by atoms with van der Waals surface area (Å²) in [6.07, 6.45) is 9.49. The van der Waals surface area contributed by atoms with Crippen molar-refractivity contribution in [2.24, 2.45) is 5.92 Å². The van der Waals surface area contributed by atoms with Gasteiger partial charge in [0, 0.05) is 42.0 Å². The molecule has 1 fully saturated rings. The first-order valence-electron chi connectivity index (χ1n) is 13.9. The minimum atomic E-state index is -0.762. The maximum absolute atomic E-state index is 13.3. The predicted octanol–water partition coefficient (Wildman–Crippen LogP) is 5.81. The molecule has 0 bridgehead atoms. The number of carbonyl (C=O) groups excluding carboxylic acids is 3. The lowest BCUT2D eigenvalue weighted by atomic mass is 10.1. The van der Waals surface area contributed by atoms with Gasteiger partial charge in [0.1, 0.15) is 5.78 Å². The minimum absolute atomic E-state index is 0.0852. The van der Waals surface area contributed by atoms with Gasteiger partial charge in [0.05, 0.1) is 18.5 Å². The number of anilines is 1. The fraction of sp³-hybridized carbons (Fsp3) is 0.323. The summed E-state index contributed by atoms with van der Waals surface area (Å²) in [6.45, 7) is 1.84. The number of rotatable bonds is 13. The number of aryl methyl sites for hydroxylation is 1. The van der Waals surface area contributed by atoms with E-state index < -0.39 is 6.16 Å². The third-order valence-corrected chi connectivity index (χ3v) is 6.79. The summed E-state index contributed by atoms with van der Waals surface area (Å²) >= 11 is 0. The van der Waals surface area contributed by atoms with Crippen LogP contribution in [0.4, 0.5) is 10.7 Å². The molecule has 2 aromatic carbocycles. The monoisotopic (exact) mass is 555 g/mol. The van der Waals surface area contributed by atoms with Gasteiger partial charge in [0.15, 0.2) is 6.73 Å². The fourth-order valence-corrected chi connectivity index (χ4v) is 4.51. The van der Waals surface area contributed by atoms with Gasteiger partial charge in [0.2, 0.25) is 5.95 Å². The van der Waals surface area contributed by atoms with Crippen molar-refractivity contribution in [3.05, 3.63) is 84.4 Å². The molecule has 10 nitrogen and oxygen atoms in total. The van der Waals surface area contributed by atoms with E-state index in [-0.39, 0.29) is 19.2 Å². The first-order chi connectivity index (χ1) is 20.0. The van der Waals surface area contributed by atoms with E-state index in [0.717, 1.165) is 28.9 Å². The van der Waals surface area contributed by atoms with E-state index >= 15 is 0 Å². The number of hydrogen-bond acceptors (Lipinski definition) is 7. The Balaban J connectivity index is 1.27. The van der Waals surface area contributed by atoms with Gasteiger partial charge in [-0.2, -0.15) is 5.10 Å². The summed E-state index contributed by atoms with van der Waals surface area (Å²) in [5.74, 6) is 1.02. The maximum atomic E-state index is 13.3. The van der Waals surface area contributed by atoms with E-state index in [9.17, 15) is 14.4 Å². The number of aromatic nitrogens is 4. The van der Waals surface area contributed by atoms with E-state index in [1.165, 1.54) is 17.5 Å². The highest BCUT2D eigenvalue weighted by Gasteiger charge is 2.24. The number of nitrogens with zero attached hydrogens (tertiary/aromatic N) is 4. The normalized spacial score (nSPS) is 12.6. The van der Waals surface area contributed by atoms with Crippen molar-refractivity contribution in [1.82, 2.24) is 19.3 Å². The van der Waals surface area contributed by atoms with Crippen LogP contribution in [0.1, 0.15) is 55.1 Å². The molecule has 212 valence electrons. The Morgan fingerprint density at radius 1 is 1.00 bits per heavy atom. The molecule has 0 aliphatic heterocycles. The van der Waals surface area contributed by atoms with Crippen molar-refractivity contribution in [3.8, 4) is 16.8 Å². The van der Waals surface area contributed by atoms with Gasteiger partial charge in [-0.05, 0) is 68.4 Å². The third kappa shape index (κ3) is 7.69. The van der Waals surface area contributed by atoms with Crippen LogP contribution in [0.2, 0.25) is 0 Å². The molecule has 0 radical (unpaired) electrons. The van der Waals surface area contributed by atoms with Crippen LogP contribution in [0, 0.1) is 5.92 Å². The van der Waals surface area contributed by atoms with E-state index in [4.69, 9.17) is 14.5 Å². The number of nitrogens with one attached hydrogen (secondary N) is 1. The van der Waals surface area contributed by atoms with Gasteiger partial charge in [0.25, 0.3) is 5.91 Å². The average molecular weight is 556 g/mol. The van der Waals surface area contributed by atoms with E-state index in [2.05, 4.69) is 10.4 Å². The van der Waals surface area contributed by atoms with Gasteiger partial charge in [-0.25, -0.2) is 14.5 Å². The SMILES string of the molecule is CCOC(=O)OCn1cc(-c2cccc(C(=O)Nc3nc(CCCC(=O)CC4CC4)cn3-c3ccccc3)c2)cn1. The van der Waals surface area contributed by atoms with Crippen molar-refractivity contribution in [2.75, 3.05) is 11.9 Å². The Kier molecular flexibility index (Phi) is 8.88. The number of benzene rings is 2. The largest absolute Gasteiger partial charge is 0.510 e. The minimum Gasteiger partial charge on any atom is -0.435 e. The highest BCUT2D eigenvalue weighted by molar-refractivity contribution is 6.04. The number of ether oxygens (including phenoxy) is 2. The zero-order chi connectivity index (χ0) is 28.6. The summed E-state index contributed by atoms with van der Waals surface area (Å²) < 4.78 is 13.1. The fourth-order valence-electron chi connectivity index (χ4n) is 4.51. The van der Waals surface area contributed by atoms with Crippen molar-refractivity contribution in [1.29, 1.82) is 0 Å². The van der Waals surface area contributed by atoms with Crippen LogP contribution < -0.4 is 5.32 Å². The van der Waals surface area contributed by atoms with Crippen molar-refractivity contribution in [3.63, 3.8) is 0 Å². The van der Waals surface area contributed by atoms with Gasteiger partial charge >= 0.3 is 6.16 Å². The molecule has 1 aliphatic rings. The molecule has 0 saturated heterocycles. The van der Waals surface area contributed by atoms with E-state index in [1.807, 2.05) is 47.2 Å². The van der Waals surface area contributed by atoms with Crippen LogP contribution in [-0.4, -0.2) is 43.8 Å². The zero-order valence-corrected chi connectivity index (χ0v) is 23.0. The molecule has 0 atom stereocenters. The summed E-state index contributed by atoms with van der Waals surface area (Å²) in [5, 5.41) is 7.18. The maximum Gasteiger partial charge on any atom is 0.510 e. The Bertz CT molecular complexity index is 1510. The second kappa shape index (κ2) is 13.1. The lowest BCUT2D eigenvalue weighted by Crippen LogP contribution is -2.15. The molecule has 1 N–H and O–H groups in total. The Hall–Kier alpha value is -4.73. The Labute approximate surface area is 238 Å². The molecule has 0 spiro atoms. The van der Waals surface area contributed by atoms with Crippen molar-refractivity contribution in [2.45, 2.75) is 52.2 Å². The second-order valence-electron chi connectivity index (χ2n) is 10.1. The molecule has 4 aromatic rings. The number of carbonyl (C=O) groups is 3. The number of hydrogen-bond donors (Lipinski definition) is 1. The highest BCUT2D eigenvalue weighted by atomic mass is 16.7. The molecule has 2 aromatic heterocycles. The molecule has 1 aliphatic carbocycles. The second-order valence-corrected chi connectivity index (χ2v) is 10.1. The van der Waals surface area contributed by atoms with Crippen LogP contribution in [0.5, 0.6) is 0 Å². The summed E-state index contributed by atoms with van der Waals surface area (Å²) in [7, 11) is 0. The zero-order valence-electron chi connectivity index (χ0n) is 23.0. The van der Waals surface area contributed by atoms with Crippen LogP contribution in [-0.2, 0) is 27.4 Å². The molecular weight excluding hydrogens is 522 g/mol. The number of Topliss-reactive ketones (excluding diaryl/α,β-unsaturated/α-hetero) is 1. The lowest BCUT2D eigenvalue weighted by molar-refractivity contribution is -0.119. The smallest absolute Gasteiger partial charge is 0.435 e. The van der Waals surface area contributed by atoms with Gasteiger partial charge in [-0.15, -0.1) is 0 Å². The highest BCUT2D eigenvalue weighted by Crippen LogP contribution is 2.33. The van der Waals surface area contributed by atoms with E-state index in [1.54, 1.807) is 37.5 Å². The molecule has 0 unspecified atom stereocenters. The molecule has 1 saturated carbocycles. The third-order valence-electron chi connectivity index (χ3n) is 6.79. The molecule has 5 rings (SSSR count).